The van der Waals surface area contributed by atoms with Gasteiger partial charge >= 0.3 is 0 Å². The lowest BCUT2D eigenvalue weighted by atomic mass is 9.83. The van der Waals surface area contributed by atoms with Gasteiger partial charge in [-0.05, 0) is 17.2 Å². The molecular weight excluding hydrogens is 314 g/mol. The van der Waals surface area contributed by atoms with Gasteiger partial charge in [-0.25, -0.2) is 0 Å². The Morgan fingerprint density at radius 1 is 1.24 bits per heavy atom. The maximum Gasteiger partial charge on any atom is 0.222 e. The number of pyridine rings is 1. The Morgan fingerprint density at radius 2 is 2.12 bits per heavy atom. The number of hydrogen-bond acceptors (Lipinski definition) is 4. The van der Waals surface area contributed by atoms with Crippen molar-refractivity contribution in [3.63, 3.8) is 0 Å². The van der Waals surface area contributed by atoms with E-state index < -0.39 is 0 Å². The molecule has 4 rings (SSSR count). The minimum Gasteiger partial charge on any atom is -0.378 e. The van der Waals surface area contributed by atoms with E-state index >= 15 is 0 Å². The zero-order valence-corrected chi connectivity index (χ0v) is 14.2. The second kappa shape index (κ2) is 6.94. The van der Waals surface area contributed by atoms with Crippen molar-refractivity contribution in [2.24, 2.45) is 0 Å². The van der Waals surface area contributed by atoms with E-state index in [1.807, 2.05) is 18.3 Å². The van der Waals surface area contributed by atoms with Crippen molar-refractivity contribution in [2.75, 3.05) is 26.3 Å². The van der Waals surface area contributed by atoms with Gasteiger partial charge in [0, 0.05) is 44.4 Å². The molecule has 0 saturated carbocycles. The topological polar surface area (TPSA) is 54.5 Å². The number of carbonyl (C=O) groups is 1. The number of amides is 1. The van der Waals surface area contributed by atoms with E-state index in [0.717, 1.165) is 25.2 Å². The third-order valence-corrected chi connectivity index (χ3v) is 5.17. The van der Waals surface area contributed by atoms with E-state index in [1.54, 1.807) is 6.20 Å². The molecular formula is C20H23N3O2. The van der Waals surface area contributed by atoms with Crippen LogP contribution in [0.4, 0.5) is 0 Å². The number of ether oxygens (including phenoxy) is 1. The SMILES string of the molecule is O=C1CCOC[C@]2(CN(Cc3ccccc3)C[C@H]2c2cccnc2)N1. The van der Waals surface area contributed by atoms with Gasteiger partial charge in [0.25, 0.3) is 0 Å². The minimum absolute atomic E-state index is 0.0768. The largest absolute Gasteiger partial charge is 0.378 e. The number of nitrogens with zero attached hydrogens (tertiary/aromatic N) is 2. The zero-order valence-electron chi connectivity index (χ0n) is 14.2. The van der Waals surface area contributed by atoms with Gasteiger partial charge in [0.15, 0.2) is 0 Å². The molecule has 2 aliphatic heterocycles. The molecule has 1 aromatic heterocycles. The van der Waals surface area contributed by atoms with Gasteiger partial charge in [-0.3, -0.25) is 14.7 Å². The molecule has 1 amide bonds. The molecule has 5 heteroatoms. The average Bonchev–Trinajstić information content (AvgIpc) is 2.86. The first-order valence-corrected chi connectivity index (χ1v) is 8.80. The van der Waals surface area contributed by atoms with E-state index in [4.69, 9.17) is 4.74 Å². The molecule has 0 unspecified atom stereocenters. The number of carbonyl (C=O) groups excluding carboxylic acids is 1. The van der Waals surface area contributed by atoms with Crippen molar-refractivity contribution < 1.29 is 9.53 Å². The summed E-state index contributed by atoms with van der Waals surface area (Å²) in [5.74, 6) is 0.250. The van der Waals surface area contributed by atoms with Crippen LogP contribution in [0.1, 0.15) is 23.5 Å². The quantitative estimate of drug-likeness (QED) is 0.930. The van der Waals surface area contributed by atoms with E-state index in [0.29, 0.717) is 19.6 Å². The van der Waals surface area contributed by atoms with Gasteiger partial charge in [-0.1, -0.05) is 36.4 Å². The number of rotatable bonds is 3. The van der Waals surface area contributed by atoms with E-state index in [2.05, 4.69) is 45.5 Å². The number of benzene rings is 1. The Bertz CT molecular complexity index is 722. The molecule has 1 aromatic carbocycles. The highest BCUT2D eigenvalue weighted by molar-refractivity contribution is 5.77. The molecule has 130 valence electrons. The molecule has 0 bridgehead atoms. The molecule has 0 aliphatic carbocycles. The summed E-state index contributed by atoms with van der Waals surface area (Å²) in [6.07, 6.45) is 4.13. The molecule has 25 heavy (non-hydrogen) atoms. The first kappa shape index (κ1) is 16.2. The molecule has 2 aliphatic rings. The molecule has 1 spiro atoms. The summed E-state index contributed by atoms with van der Waals surface area (Å²) in [4.78, 5) is 19.0. The Morgan fingerprint density at radius 3 is 2.92 bits per heavy atom. The van der Waals surface area contributed by atoms with Crippen molar-refractivity contribution >= 4 is 5.91 Å². The fourth-order valence-corrected chi connectivity index (χ4v) is 4.04. The van der Waals surface area contributed by atoms with E-state index in [1.165, 1.54) is 5.56 Å². The van der Waals surface area contributed by atoms with Crippen molar-refractivity contribution in [2.45, 2.75) is 24.4 Å². The second-order valence-corrected chi connectivity index (χ2v) is 7.00. The lowest BCUT2D eigenvalue weighted by Gasteiger charge is -2.34. The van der Waals surface area contributed by atoms with Crippen LogP contribution < -0.4 is 5.32 Å². The highest BCUT2D eigenvalue weighted by Crippen LogP contribution is 2.37. The average molecular weight is 337 g/mol. The molecule has 0 radical (unpaired) electrons. The monoisotopic (exact) mass is 337 g/mol. The second-order valence-electron chi connectivity index (χ2n) is 7.00. The zero-order chi connectivity index (χ0) is 17.1. The maximum absolute atomic E-state index is 12.3. The Kier molecular flexibility index (Phi) is 4.51. The predicted molar refractivity (Wildman–Crippen MR) is 95.0 cm³/mol. The normalized spacial score (nSPS) is 27.2. The highest BCUT2D eigenvalue weighted by atomic mass is 16.5. The van der Waals surface area contributed by atoms with Gasteiger partial charge in [0.1, 0.15) is 0 Å². The van der Waals surface area contributed by atoms with Gasteiger partial charge in [0.05, 0.1) is 18.8 Å². The summed E-state index contributed by atoms with van der Waals surface area (Å²) < 4.78 is 5.82. The number of hydrogen-bond donors (Lipinski definition) is 1. The highest BCUT2D eigenvalue weighted by Gasteiger charge is 2.49. The van der Waals surface area contributed by atoms with E-state index in [9.17, 15) is 4.79 Å². The smallest absolute Gasteiger partial charge is 0.222 e. The Hall–Kier alpha value is -2.24. The molecule has 2 saturated heterocycles. The van der Waals surface area contributed by atoms with Crippen LogP contribution in [-0.4, -0.2) is 47.6 Å². The Balaban J connectivity index is 1.63. The van der Waals surface area contributed by atoms with Gasteiger partial charge in [0.2, 0.25) is 5.91 Å². The van der Waals surface area contributed by atoms with Crippen molar-refractivity contribution in [1.82, 2.24) is 15.2 Å². The lowest BCUT2D eigenvalue weighted by Crippen LogP contribution is -2.55. The third-order valence-electron chi connectivity index (χ3n) is 5.17. The van der Waals surface area contributed by atoms with Gasteiger partial charge in [-0.15, -0.1) is 0 Å². The van der Waals surface area contributed by atoms with Crippen molar-refractivity contribution in [1.29, 1.82) is 0 Å². The fourth-order valence-electron chi connectivity index (χ4n) is 4.04. The van der Waals surface area contributed by atoms with Crippen LogP contribution in [0.3, 0.4) is 0 Å². The molecule has 3 heterocycles. The summed E-state index contributed by atoms with van der Waals surface area (Å²) in [7, 11) is 0. The maximum atomic E-state index is 12.3. The summed E-state index contributed by atoms with van der Waals surface area (Å²) in [6.45, 7) is 3.57. The van der Waals surface area contributed by atoms with Crippen LogP contribution >= 0.6 is 0 Å². The van der Waals surface area contributed by atoms with Crippen molar-refractivity contribution in [3.8, 4) is 0 Å². The first-order valence-electron chi connectivity index (χ1n) is 8.80. The molecule has 5 nitrogen and oxygen atoms in total. The molecule has 2 atom stereocenters. The Labute approximate surface area is 148 Å². The van der Waals surface area contributed by atoms with Crippen LogP contribution in [-0.2, 0) is 16.1 Å². The van der Waals surface area contributed by atoms with Crippen LogP contribution in [0.2, 0.25) is 0 Å². The van der Waals surface area contributed by atoms with Crippen LogP contribution in [0.25, 0.3) is 0 Å². The van der Waals surface area contributed by atoms with Crippen molar-refractivity contribution in [3.05, 3.63) is 66.0 Å². The van der Waals surface area contributed by atoms with Gasteiger partial charge < -0.3 is 10.1 Å². The third kappa shape index (κ3) is 3.43. The number of likely N-dealkylation sites (tertiary alicyclic amines) is 1. The van der Waals surface area contributed by atoms with E-state index in [-0.39, 0.29) is 17.4 Å². The molecule has 2 aromatic rings. The van der Waals surface area contributed by atoms with Crippen LogP contribution in [0.5, 0.6) is 0 Å². The number of aromatic nitrogens is 1. The predicted octanol–water partition coefficient (Wildman–Crippen LogP) is 1.96. The summed E-state index contributed by atoms with van der Waals surface area (Å²) in [6, 6.07) is 14.5. The first-order chi connectivity index (χ1) is 12.3. The fraction of sp³-hybridized carbons (Fsp3) is 0.400. The summed E-state index contributed by atoms with van der Waals surface area (Å²) >= 11 is 0. The lowest BCUT2D eigenvalue weighted by molar-refractivity contribution is -0.122. The summed E-state index contributed by atoms with van der Waals surface area (Å²) in [5.41, 5.74) is 2.06. The minimum atomic E-state index is -0.384. The number of nitrogens with one attached hydrogen (secondary N) is 1. The standard InChI is InChI=1S/C20H23N3O2/c24-19-8-10-25-15-20(22-19)14-23(12-16-5-2-1-3-6-16)13-18(20)17-7-4-9-21-11-17/h1-7,9,11,18H,8,10,12-15H2,(H,22,24)/t18-,20-/m0/s1. The van der Waals surface area contributed by atoms with Crippen LogP contribution in [0.15, 0.2) is 54.9 Å². The molecule has 2 fully saturated rings. The van der Waals surface area contributed by atoms with Gasteiger partial charge in [-0.2, -0.15) is 0 Å². The van der Waals surface area contributed by atoms with Crippen LogP contribution in [0, 0.1) is 0 Å². The summed E-state index contributed by atoms with van der Waals surface area (Å²) in [5, 5.41) is 3.29. The molecule has 1 N–H and O–H groups in total.